The van der Waals surface area contributed by atoms with Crippen LogP contribution in [-0.4, -0.2) is 41.5 Å². The fourth-order valence-corrected chi connectivity index (χ4v) is 5.05. The van der Waals surface area contributed by atoms with Gasteiger partial charge in [0.2, 0.25) is 10.0 Å². The molecule has 9 heteroatoms. The van der Waals surface area contributed by atoms with E-state index in [2.05, 4.69) is 20.9 Å². The first-order chi connectivity index (χ1) is 14.4. The fraction of sp³-hybridized carbons (Fsp3) is 0.273. The average Bonchev–Trinajstić information content (AvgIpc) is 3.18. The van der Waals surface area contributed by atoms with Crippen molar-refractivity contribution in [2.24, 2.45) is 0 Å². The molecule has 1 aliphatic rings. The van der Waals surface area contributed by atoms with Gasteiger partial charge in [-0.25, -0.2) is 13.4 Å². The number of nitriles is 1. The minimum Gasteiger partial charge on any atom is -0.364 e. The molecule has 3 aromatic rings. The number of imidazole rings is 1. The quantitative estimate of drug-likeness (QED) is 0.635. The largest absolute Gasteiger partial charge is 0.364 e. The Morgan fingerprint density at radius 1 is 1.23 bits per heavy atom. The number of anilines is 1. The molecule has 4 rings (SSSR count). The van der Waals surface area contributed by atoms with Crippen LogP contribution >= 0.6 is 12.4 Å². The van der Waals surface area contributed by atoms with Gasteiger partial charge in [0.1, 0.15) is 0 Å². The van der Waals surface area contributed by atoms with Gasteiger partial charge in [0.15, 0.2) is 0 Å². The molecule has 0 fully saturated rings. The minimum absolute atomic E-state index is 0. The number of benzene rings is 2. The summed E-state index contributed by atoms with van der Waals surface area (Å²) in [4.78, 5) is 9.40. The van der Waals surface area contributed by atoms with Crippen LogP contribution in [0.25, 0.3) is 0 Å². The van der Waals surface area contributed by atoms with E-state index < -0.39 is 10.0 Å². The lowest BCUT2D eigenvalue weighted by molar-refractivity contribution is 0.320. The molecular weight excluding hydrogens is 434 g/mol. The number of hydrogen-bond acceptors (Lipinski definition) is 5. The summed E-state index contributed by atoms with van der Waals surface area (Å²) in [6.45, 7) is 1.34. The zero-order valence-corrected chi connectivity index (χ0v) is 18.7. The third-order valence-electron chi connectivity index (χ3n) is 5.37. The highest BCUT2D eigenvalue weighted by molar-refractivity contribution is 7.88. The number of fused-ring (bicyclic) bond motifs is 1. The maximum atomic E-state index is 12.8. The third kappa shape index (κ3) is 5.25. The van der Waals surface area contributed by atoms with Crippen molar-refractivity contribution in [3.8, 4) is 6.07 Å². The third-order valence-corrected chi connectivity index (χ3v) is 6.65. The number of hydrogen-bond donors (Lipinski definition) is 1. The van der Waals surface area contributed by atoms with Crippen molar-refractivity contribution >= 4 is 28.1 Å². The number of sulfonamides is 1. The highest BCUT2D eigenvalue weighted by atomic mass is 35.5. The monoisotopic (exact) mass is 457 g/mol. The predicted molar refractivity (Wildman–Crippen MR) is 122 cm³/mol. The summed E-state index contributed by atoms with van der Waals surface area (Å²) in [5.74, 6) is 0. The van der Waals surface area contributed by atoms with E-state index in [0.29, 0.717) is 25.1 Å². The smallest absolute Gasteiger partial charge is 0.211 e. The van der Waals surface area contributed by atoms with Gasteiger partial charge in [0.25, 0.3) is 0 Å². The normalized spacial score (nSPS) is 16.6. The molecule has 0 saturated carbocycles. The van der Waals surface area contributed by atoms with Crippen LogP contribution in [0.1, 0.15) is 22.4 Å². The van der Waals surface area contributed by atoms with E-state index in [0.717, 1.165) is 22.5 Å². The molecule has 0 spiro atoms. The van der Waals surface area contributed by atoms with Gasteiger partial charge in [-0.1, -0.05) is 30.3 Å². The maximum absolute atomic E-state index is 12.8. The average molecular weight is 458 g/mol. The maximum Gasteiger partial charge on any atom is 0.211 e. The lowest BCUT2D eigenvalue weighted by Crippen LogP contribution is -2.45. The van der Waals surface area contributed by atoms with Crippen molar-refractivity contribution in [1.29, 1.82) is 5.26 Å². The van der Waals surface area contributed by atoms with Crippen LogP contribution in [0.2, 0.25) is 0 Å². The van der Waals surface area contributed by atoms with E-state index in [1.807, 2.05) is 36.4 Å². The van der Waals surface area contributed by atoms with Gasteiger partial charge in [-0.15, -0.1) is 12.4 Å². The van der Waals surface area contributed by atoms with Gasteiger partial charge in [-0.3, -0.25) is 0 Å². The van der Waals surface area contributed by atoms with Crippen LogP contribution in [-0.2, 0) is 29.5 Å². The van der Waals surface area contributed by atoms with E-state index >= 15 is 0 Å². The van der Waals surface area contributed by atoms with E-state index in [4.69, 9.17) is 0 Å². The van der Waals surface area contributed by atoms with Gasteiger partial charge in [0, 0.05) is 31.0 Å². The van der Waals surface area contributed by atoms with Crippen molar-refractivity contribution in [3.05, 3.63) is 83.4 Å². The molecule has 0 bridgehead atoms. The number of nitrogens with one attached hydrogen (secondary N) is 1. The number of nitrogens with zero attached hydrogens (tertiary/aromatic N) is 4. The van der Waals surface area contributed by atoms with E-state index in [-0.39, 0.29) is 25.0 Å². The van der Waals surface area contributed by atoms with Crippen molar-refractivity contribution in [2.75, 3.05) is 17.7 Å². The van der Waals surface area contributed by atoms with Crippen molar-refractivity contribution in [2.45, 2.75) is 25.6 Å². The minimum atomic E-state index is -3.46. The Labute approximate surface area is 188 Å². The van der Waals surface area contributed by atoms with Crippen molar-refractivity contribution in [1.82, 2.24) is 14.3 Å². The number of aromatic amines is 1. The Bertz CT molecular complexity index is 1160. The number of halogens is 1. The summed E-state index contributed by atoms with van der Waals surface area (Å²) in [5.41, 5.74) is 4.31. The Balaban J connectivity index is 0.00000272. The highest BCUT2D eigenvalue weighted by Gasteiger charge is 2.33. The topological polar surface area (TPSA) is 93.1 Å². The molecule has 0 amide bonds. The second-order valence-electron chi connectivity index (χ2n) is 7.56. The Kier molecular flexibility index (Phi) is 7.01. The summed E-state index contributed by atoms with van der Waals surface area (Å²) < 4.78 is 27.1. The van der Waals surface area contributed by atoms with Crippen molar-refractivity contribution in [3.63, 3.8) is 0 Å². The first-order valence-corrected chi connectivity index (χ1v) is 11.5. The summed E-state index contributed by atoms with van der Waals surface area (Å²) in [5, 5.41) is 9.35. The number of H-pyrrole nitrogens is 1. The number of rotatable bonds is 5. The molecule has 7 nitrogen and oxygen atoms in total. The molecule has 1 aliphatic heterocycles. The molecule has 1 unspecified atom stereocenters. The van der Waals surface area contributed by atoms with Crippen LogP contribution in [0.15, 0.2) is 61.1 Å². The highest BCUT2D eigenvalue weighted by Crippen LogP contribution is 2.31. The van der Waals surface area contributed by atoms with Crippen LogP contribution in [0.4, 0.5) is 5.69 Å². The lowest BCUT2D eigenvalue weighted by Gasteiger charge is -2.31. The standard InChI is InChI=1S/C22H23N5O2S.ClH/c1-30(28,29)27-13-19-9-18(11-23)7-8-22(19)26(14-20-12-24-16-25-20)15-21(27)10-17-5-3-2-4-6-17;/h2-9,12,16,21H,10,13-15H2,1H3,(H,24,25);1H. The van der Waals surface area contributed by atoms with Gasteiger partial charge in [-0.2, -0.15) is 9.57 Å². The van der Waals surface area contributed by atoms with Gasteiger partial charge in [0.05, 0.1) is 36.5 Å². The Morgan fingerprint density at radius 2 is 2.00 bits per heavy atom. The SMILES string of the molecule is CS(=O)(=O)N1Cc2cc(C#N)ccc2N(Cc2cnc[nH]2)CC1Cc1ccccc1.Cl. The molecule has 0 radical (unpaired) electrons. The molecule has 1 atom stereocenters. The van der Waals surface area contributed by atoms with Crippen LogP contribution in [0.5, 0.6) is 0 Å². The van der Waals surface area contributed by atoms with Crippen LogP contribution < -0.4 is 4.90 Å². The van der Waals surface area contributed by atoms with Crippen LogP contribution in [0.3, 0.4) is 0 Å². The molecule has 2 heterocycles. The molecule has 1 aromatic heterocycles. The summed E-state index contributed by atoms with van der Waals surface area (Å²) in [6, 6.07) is 17.3. The van der Waals surface area contributed by atoms with Gasteiger partial charge in [-0.05, 0) is 35.7 Å². The predicted octanol–water partition coefficient (Wildman–Crippen LogP) is 3.10. The van der Waals surface area contributed by atoms with Gasteiger partial charge >= 0.3 is 0 Å². The summed E-state index contributed by atoms with van der Waals surface area (Å²) in [6.07, 6.45) is 5.27. The van der Waals surface area contributed by atoms with Crippen LogP contribution in [0, 0.1) is 11.3 Å². The summed E-state index contributed by atoms with van der Waals surface area (Å²) >= 11 is 0. The molecule has 0 aliphatic carbocycles. The van der Waals surface area contributed by atoms with E-state index in [9.17, 15) is 13.7 Å². The fourth-order valence-electron chi connectivity index (χ4n) is 4.00. The van der Waals surface area contributed by atoms with Crippen molar-refractivity contribution < 1.29 is 8.42 Å². The zero-order chi connectivity index (χ0) is 21.1. The molecule has 31 heavy (non-hydrogen) atoms. The molecule has 1 N–H and O–H groups in total. The van der Waals surface area contributed by atoms with E-state index in [1.54, 1.807) is 29.0 Å². The molecule has 2 aromatic carbocycles. The zero-order valence-electron chi connectivity index (χ0n) is 17.1. The lowest BCUT2D eigenvalue weighted by atomic mass is 10.1. The second kappa shape index (κ2) is 9.52. The molecule has 162 valence electrons. The molecule has 0 saturated heterocycles. The summed E-state index contributed by atoms with van der Waals surface area (Å²) in [7, 11) is -3.46. The van der Waals surface area contributed by atoms with Gasteiger partial charge < -0.3 is 9.88 Å². The first-order valence-electron chi connectivity index (χ1n) is 9.70. The Hall–Kier alpha value is -2.86. The number of aromatic nitrogens is 2. The molecular formula is C22H24ClN5O2S. The first kappa shape index (κ1) is 22.8. The Morgan fingerprint density at radius 3 is 2.65 bits per heavy atom. The second-order valence-corrected chi connectivity index (χ2v) is 9.50. The van der Waals surface area contributed by atoms with E-state index in [1.165, 1.54) is 6.26 Å².